The van der Waals surface area contributed by atoms with Crippen molar-refractivity contribution in [2.75, 3.05) is 6.54 Å². The molecule has 4 heteroatoms. The van der Waals surface area contributed by atoms with Crippen LogP contribution < -0.4 is 0 Å². The first-order valence-corrected chi connectivity index (χ1v) is 5.70. The van der Waals surface area contributed by atoms with E-state index in [9.17, 15) is 9.59 Å². The third-order valence-corrected chi connectivity index (χ3v) is 3.18. The molecule has 1 N–H and O–H groups in total. The number of carbonyl (C=O) groups is 2. The van der Waals surface area contributed by atoms with Crippen LogP contribution in [0.25, 0.3) is 0 Å². The van der Waals surface area contributed by atoms with Gasteiger partial charge in [0.15, 0.2) is 0 Å². The van der Waals surface area contributed by atoms with E-state index < -0.39 is 5.97 Å². The van der Waals surface area contributed by atoms with E-state index in [4.69, 9.17) is 5.11 Å². The van der Waals surface area contributed by atoms with Gasteiger partial charge in [-0.2, -0.15) is 0 Å². The number of carboxylic acid groups (broad SMARTS) is 1. The predicted octanol–water partition coefficient (Wildman–Crippen LogP) is 2.07. The number of carbonyl (C=O) groups excluding carboxylic acids is 1. The summed E-state index contributed by atoms with van der Waals surface area (Å²) in [6, 6.07) is 6.88. The second kappa shape index (κ2) is 4.57. The Hall–Kier alpha value is -1.84. The highest BCUT2D eigenvalue weighted by atomic mass is 16.4. The molecule has 0 bridgehead atoms. The van der Waals surface area contributed by atoms with Crippen molar-refractivity contribution in [3.05, 3.63) is 35.4 Å². The number of hydrogen-bond acceptors (Lipinski definition) is 2. The van der Waals surface area contributed by atoms with E-state index in [0.29, 0.717) is 0 Å². The minimum Gasteiger partial charge on any atom is -0.478 e. The number of benzene rings is 1. The Morgan fingerprint density at radius 1 is 1.41 bits per heavy atom. The largest absolute Gasteiger partial charge is 0.478 e. The molecular weight excluding hydrogens is 218 g/mol. The molecule has 1 aliphatic rings. The summed E-state index contributed by atoms with van der Waals surface area (Å²) in [7, 11) is 0. The first kappa shape index (κ1) is 11.6. The van der Waals surface area contributed by atoms with Crippen LogP contribution in [-0.4, -0.2) is 28.4 Å². The van der Waals surface area contributed by atoms with Crippen LogP contribution in [0, 0.1) is 0 Å². The molecule has 17 heavy (non-hydrogen) atoms. The van der Waals surface area contributed by atoms with Crippen LogP contribution in [0.1, 0.15) is 41.7 Å². The molecule has 0 spiro atoms. The lowest BCUT2D eigenvalue weighted by atomic mass is 10.0. The van der Waals surface area contributed by atoms with Gasteiger partial charge in [-0.25, -0.2) is 4.79 Å². The normalized spacial score (nSPS) is 19.4. The fourth-order valence-electron chi connectivity index (χ4n) is 2.37. The van der Waals surface area contributed by atoms with Crippen molar-refractivity contribution in [1.82, 2.24) is 4.90 Å². The summed E-state index contributed by atoms with van der Waals surface area (Å²) in [5, 5.41) is 8.95. The minimum absolute atomic E-state index is 0.0341. The molecule has 0 radical (unpaired) electrons. The Morgan fingerprint density at radius 2 is 2.18 bits per heavy atom. The molecule has 1 amide bonds. The lowest BCUT2D eigenvalue weighted by Gasteiger charge is -2.23. The first-order valence-electron chi connectivity index (χ1n) is 5.70. The molecule has 2 rings (SSSR count). The number of nitrogens with zero attached hydrogens (tertiary/aromatic N) is 1. The molecule has 0 aromatic heterocycles. The summed E-state index contributed by atoms with van der Waals surface area (Å²) in [5.74, 6) is -0.882. The van der Waals surface area contributed by atoms with Gasteiger partial charge in [0.25, 0.3) is 0 Å². The predicted molar refractivity (Wildman–Crippen MR) is 62.8 cm³/mol. The van der Waals surface area contributed by atoms with Crippen LogP contribution in [0.15, 0.2) is 24.3 Å². The molecule has 90 valence electrons. The monoisotopic (exact) mass is 233 g/mol. The average molecular weight is 233 g/mol. The van der Waals surface area contributed by atoms with Crippen molar-refractivity contribution in [3.8, 4) is 0 Å². The van der Waals surface area contributed by atoms with Crippen molar-refractivity contribution in [2.24, 2.45) is 0 Å². The van der Waals surface area contributed by atoms with Gasteiger partial charge in [-0.15, -0.1) is 0 Å². The summed E-state index contributed by atoms with van der Waals surface area (Å²) in [4.78, 5) is 24.2. The van der Waals surface area contributed by atoms with Gasteiger partial charge in [0.2, 0.25) is 5.91 Å². The maximum absolute atomic E-state index is 11.5. The van der Waals surface area contributed by atoms with E-state index >= 15 is 0 Å². The van der Waals surface area contributed by atoms with Crippen LogP contribution in [-0.2, 0) is 4.79 Å². The average Bonchev–Trinajstić information content (AvgIpc) is 2.78. The summed E-state index contributed by atoms with van der Waals surface area (Å²) in [6.45, 7) is 2.32. The molecule has 1 aromatic carbocycles. The summed E-state index contributed by atoms with van der Waals surface area (Å²) in [6.07, 6.45) is 1.88. The van der Waals surface area contributed by atoms with Crippen molar-refractivity contribution in [3.63, 3.8) is 0 Å². The van der Waals surface area contributed by atoms with E-state index in [-0.39, 0.29) is 17.5 Å². The van der Waals surface area contributed by atoms with Crippen LogP contribution >= 0.6 is 0 Å². The standard InChI is InChI=1S/C13H15NO3/c1-9(15)14-7-3-6-12(14)10-4-2-5-11(8-10)13(16)17/h2,4-5,8,12H,3,6-7H2,1H3,(H,16,17). The van der Waals surface area contributed by atoms with Crippen molar-refractivity contribution >= 4 is 11.9 Å². The van der Waals surface area contributed by atoms with E-state index in [0.717, 1.165) is 24.9 Å². The first-order chi connectivity index (χ1) is 8.09. The van der Waals surface area contributed by atoms with E-state index in [1.54, 1.807) is 30.0 Å². The topological polar surface area (TPSA) is 57.6 Å². The SMILES string of the molecule is CC(=O)N1CCCC1c1cccc(C(=O)O)c1. The summed E-state index contributed by atoms with van der Waals surface area (Å²) < 4.78 is 0. The molecule has 1 aliphatic heterocycles. The molecule has 1 atom stereocenters. The number of hydrogen-bond donors (Lipinski definition) is 1. The Balaban J connectivity index is 2.30. The van der Waals surface area contributed by atoms with Gasteiger partial charge in [0.05, 0.1) is 11.6 Å². The van der Waals surface area contributed by atoms with Crippen molar-refractivity contribution < 1.29 is 14.7 Å². The lowest BCUT2D eigenvalue weighted by Crippen LogP contribution is -2.28. The Bertz CT molecular complexity index is 456. The highest BCUT2D eigenvalue weighted by molar-refractivity contribution is 5.87. The molecule has 0 aliphatic carbocycles. The zero-order valence-corrected chi connectivity index (χ0v) is 9.72. The summed E-state index contributed by atoms with van der Waals surface area (Å²) in [5.41, 5.74) is 1.19. The highest BCUT2D eigenvalue weighted by Gasteiger charge is 2.28. The summed E-state index contributed by atoms with van der Waals surface area (Å²) >= 11 is 0. The Kier molecular flexibility index (Phi) is 3.13. The molecule has 0 saturated carbocycles. The van der Waals surface area contributed by atoms with Gasteiger partial charge in [-0.1, -0.05) is 12.1 Å². The van der Waals surface area contributed by atoms with Gasteiger partial charge >= 0.3 is 5.97 Å². The third kappa shape index (κ3) is 2.30. The molecule has 4 nitrogen and oxygen atoms in total. The number of amides is 1. The quantitative estimate of drug-likeness (QED) is 0.850. The van der Waals surface area contributed by atoms with Crippen molar-refractivity contribution in [1.29, 1.82) is 0 Å². The third-order valence-electron chi connectivity index (χ3n) is 3.18. The second-order valence-corrected chi connectivity index (χ2v) is 4.30. The number of likely N-dealkylation sites (tertiary alicyclic amines) is 1. The van der Waals surface area contributed by atoms with Gasteiger partial charge < -0.3 is 10.0 Å². The van der Waals surface area contributed by atoms with Gasteiger partial charge in [0, 0.05) is 13.5 Å². The van der Waals surface area contributed by atoms with Crippen LogP contribution in [0.5, 0.6) is 0 Å². The second-order valence-electron chi connectivity index (χ2n) is 4.30. The minimum atomic E-state index is -0.931. The lowest BCUT2D eigenvalue weighted by molar-refractivity contribution is -0.129. The molecule has 1 saturated heterocycles. The zero-order chi connectivity index (χ0) is 12.4. The Labute approximate surface area is 99.9 Å². The van der Waals surface area contributed by atoms with E-state index in [1.807, 2.05) is 6.07 Å². The fourth-order valence-corrected chi connectivity index (χ4v) is 2.37. The maximum atomic E-state index is 11.5. The van der Waals surface area contributed by atoms with E-state index in [1.165, 1.54) is 0 Å². The van der Waals surface area contributed by atoms with Crippen LogP contribution in [0.4, 0.5) is 0 Å². The molecular formula is C13H15NO3. The maximum Gasteiger partial charge on any atom is 0.335 e. The van der Waals surface area contributed by atoms with Gasteiger partial charge in [0.1, 0.15) is 0 Å². The molecule has 1 unspecified atom stereocenters. The zero-order valence-electron chi connectivity index (χ0n) is 9.72. The smallest absolute Gasteiger partial charge is 0.335 e. The van der Waals surface area contributed by atoms with Crippen LogP contribution in [0.3, 0.4) is 0 Å². The van der Waals surface area contributed by atoms with Crippen molar-refractivity contribution in [2.45, 2.75) is 25.8 Å². The molecule has 1 fully saturated rings. The van der Waals surface area contributed by atoms with E-state index in [2.05, 4.69) is 0 Å². The number of rotatable bonds is 2. The van der Waals surface area contributed by atoms with Gasteiger partial charge in [-0.05, 0) is 30.5 Å². The Morgan fingerprint density at radius 3 is 2.82 bits per heavy atom. The molecule has 1 heterocycles. The highest BCUT2D eigenvalue weighted by Crippen LogP contribution is 2.32. The van der Waals surface area contributed by atoms with Crippen LogP contribution in [0.2, 0.25) is 0 Å². The number of carboxylic acids is 1. The molecule has 1 aromatic rings. The number of aromatic carboxylic acids is 1. The van der Waals surface area contributed by atoms with Gasteiger partial charge in [-0.3, -0.25) is 4.79 Å². The fraction of sp³-hybridized carbons (Fsp3) is 0.385.